The van der Waals surface area contributed by atoms with E-state index in [1.165, 1.54) is 5.71 Å². The molecule has 0 saturated carbocycles. The molecule has 0 aliphatic carbocycles. The first-order valence-electron chi connectivity index (χ1n) is 4.34. The summed E-state index contributed by atoms with van der Waals surface area (Å²) in [7, 11) is 0. The molecule has 68 valence electrons. The van der Waals surface area contributed by atoms with E-state index < -0.39 is 0 Å². The van der Waals surface area contributed by atoms with Gasteiger partial charge in [-0.1, -0.05) is 0 Å². The Labute approximate surface area is 73.0 Å². The smallest absolute Gasteiger partial charge is 0.166 e. The van der Waals surface area contributed by atoms with Crippen LogP contribution in [0, 0.1) is 0 Å². The van der Waals surface area contributed by atoms with Gasteiger partial charge in [-0.3, -0.25) is 4.79 Å². The highest BCUT2D eigenvalue weighted by Gasteiger charge is 2.15. The molecular formula is C9H16NO2+. The lowest BCUT2D eigenvalue weighted by Crippen LogP contribution is -2.32. The summed E-state index contributed by atoms with van der Waals surface area (Å²) in [5.74, 6) is 0.235. The second kappa shape index (κ2) is 4.36. The Morgan fingerprint density at radius 3 is 2.42 bits per heavy atom. The number of hydrogen-bond donors (Lipinski definition) is 0. The molecule has 0 amide bonds. The van der Waals surface area contributed by atoms with Crippen LogP contribution in [0.5, 0.6) is 0 Å². The predicted octanol–water partition coefficient (Wildman–Crippen LogP) is 0.469. The van der Waals surface area contributed by atoms with Crippen molar-refractivity contribution in [2.24, 2.45) is 0 Å². The van der Waals surface area contributed by atoms with E-state index in [2.05, 4.69) is 4.58 Å². The Hall–Kier alpha value is -0.700. The lowest BCUT2D eigenvalue weighted by Gasteiger charge is -2.12. The summed E-state index contributed by atoms with van der Waals surface area (Å²) >= 11 is 0. The van der Waals surface area contributed by atoms with E-state index in [1.54, 1.807) is 6.92 Å². The highest BCUT2D eigenvalue weighted by Crippen LogP contribution is 1.94. The Bertz CT molecular complexity index is 201. The standard InChI is InChI=1S/C9H16NO2/c1-8(7-9(2)11)10-3-5-12-6-4-10/h3-7H2,1-2H3/q+1. The molecule has 1 aliphatic rings. The number of Topliss-reactive ketones (excluding diaryl/α,β-unsaturated/α-hetero) is 1. The first-order chi connectivity index (χ1) is 5.70. The number of ether oxygens (including phenoxy) is 1. The predicted molar refractivity (Wildman–Crippen MR) is 46.8 cm³/mol. The van der Waals surface area contributed by atoms with E-state index in [-0.39, 0.29) is 5.78 Å². The van der Waals surface area contributed by atoms with Gasteiger partial charge in [-0.05, 0) is 6.92 Å². The highest BCUT2D eigenvalue weighted by molar-refractivity contribution is 5.97. The van der Waals surface area contributed by atoms with Crippen LogP contribution in [0.2, 0.25) is 0 Å². The molecule has 3 heteroatoms. The van der Waals surface area contributed by atoms with Crippen molar-refractivity contribution < 1.29 is 14.1 Å². The second-order valence-electron chi connectivity index (χ2n) is 3.21. The number of morpholine rings is 1. The van der Waals surface area contributed by atoms with Gasteiger partial charge in [-0.25, -0.2) is 4.58 Å². The molecule has 0 radical (unpaired) electrons. The van der Waals surface area contributed by atoms with Crippen LogP contribution in [0.4, 0.5) is 0 Å². The molecule has 1 saturated heterocycles. The minimum absolute atomic E-state index is 0.235. The summed E-state index contributed by atoms with van der Waals surface area (Å²) in [5.41, 5.74) is 1.17. The lowest BCUT2D eigenvalue weighted by molar-refractivity contribution is -0.550. The van der Waals surface area contributed by atoms with Gasteiger partial charge in [-0.15, -0.1) is 0 Å². The molecule has 0 N–H and O–H groups in total. The maximum Gasteiger partial charge on any atom is 0.166 e. The van der Waals surface area contributed by atoms with E-state index in [4.69, 9.17) is 4.74 Å². The minimum Gasteiger partial charge on any atom is -0.368 e. The summed E-state index contributed by atoms with van der Waals surface area (Å²) in [5, 5.41) is 0. The third-order valence-corrected chi connectivity index (χ3v) is 2.06. The van der Waals surface area contributed by atoms with Crippen molar-refractivity contribution in [3.63, 3.8) is 0 Å². The molecule has 1 aliphatic heterocycles. The van der Waals surface area contributed by atoms with Gasteiger partial charge in [0.2, 0.25) is 0 Å². The van der Waals surface area contributed by atoms with Gasteiger partial charge in [0.25, 0.3) is 0 Å². The summed E-state index contributed by atoms with van der Waals surface area (Å²) < 4.78 is 7.44. The minimum atomic E-state index is 0.235. The number of carbonyl (C=O) groups excluding carboxylic acids is 1. The number of hydrogen-bond acceptors (Lipinski definition) is 2. The first-order valence-corrected chi connectivity index (χ1v) is 4.34. The Morgan fingerprint density at radius 1 is 1.33 bits per heavy atom. The molecule has 0 unspecified atom stereocenters. The maximum absolute atomic E-state index is 10.8. The van der Waals surface area contributed by atoms with Gasteiger partial charge in [0.05, 0.1) is 6.42 Å². The van der Waals surface area contributed by atoms with Crippen molar-refractivity contribution in [3.05, 3.63) is 0 Å². The van der Waals surface area contributed by atoms with Crippen LogP contribution in [-0.2, 0) is 9.53 Å². The zero-order valence-electron chi connectivity index (χ0n) is 7.80. The van der Waals surface area contributed by atoms with Crippen LogP contribution in [0.3, 0.4) is 0 Å². The van der Waals surface area contributed by atoms with Gasteiger partial charge in [0.1, 0.15) is 19.0 Å². The van der Waals surface area contributed by atoms with E-state index in [1.807, 2.05) is 6.92 Å². The molecule has 1 heterocycles. The fourth-order valence-electron chi connectivity index (χ4n) is 1.42. The van der Waals surface area contributed by atoms with Crippen molar-refractivity contribution >= 4 is 11.5 Å². The number of nitrogens with zero attached hydrogens (tertiary/aromatic N) is 1. The summed E-state index contributed by atoms with van der Waals surface area (Å²) in [6, 6.07) is 0. The van der Waals surface area contributed by atoms with Crippen LogP contribution in [0.15, 0.2) is 0 Å². The molecular weight excluding hydrogens is 154 g/mol. The van der Waals surface area contributed by atoms with Crippen LogP contribution in [0.25, 0.3) is 0 Å². The first kappa shape index (κ1) is 9.39. The van der Waals surface area contributed by atoms with Crippen molar-refractivity contribution in [1.29, 1.82) is 0 Å². The van der Waals surface area contributed by atoms with Crippen molar-refractivity contribution in [2.75, 3.05) is 26.3 Å². The van der Waals surface area contributed by atoms with Crippen LogP contribution in [0.1, 0.15) is 20.3 Å². The monoisotopic (exact) mass is 170 g/mol. The number of carbonyl (C=O) groups is 1. The van der Waals surface area contributed by atoms with Crippen LogP contribution < -0.4 is 0 Å². The van der Waals surface area contributed by atoms with Gasteiger partial charge < -0.3 is 4.74 Å². The number of rotatable bonds is 2. The topological polar surface area (TPSA) is 29.3 Å². The SMILES string of the molecule is CC(=O)CC(C)=[N+]1CCOCC1. The van der Waals surface area contributed by atoms with E-state index in [9.17, 15) is 4.79 Å². The van der Waals surface area contributed by atoms with Crippen molar-refractivity contribution in [1.82, 2.24) is 0 Å². The van der Waals surface area contributed by atoms with Gasteiger partial charge in [-0.2, -0.15) is 0 Å². The maximum atomic E-state index is 10.8. The molecule has 0 aromatic heterocycles. The van der Waals surface area contributed by atoms with Gasteiger partial charge in [0.15, 0.2) is 18.8 Å². The van der Waals surface area contributed by atoms with E-state index >= 15 is 0 Å². The Kier molecular flexibility index (Phi) is 3.41. The lowest BCUT2D eigenvalue weighted by atomic mass is 10.2. The molecule has 12 heavy (non-hydrogen) atoms. The zero-order valence-corrected chi connectivity index (χ0v) is 7.80. The quantitative estimate of drug-likeness (QED) is 0.564. The average Bonchev–Trinajstić information content (AvgIpc) is 2.05. The van der Waals surface area contributed by atoms with Gasteiger partial charge >= 0.3 is 0 Å². The fraction of sp³-hybridized carbons (Fsp3) is 0.778. The summed E-state index contributed by atoms with van der Waals surface area (Å²) in [6.45, 7) is 7.08. The molecule has 1 rings (SSSR count). The summed E-state index contributed by atoms with van der Waals surface area (Å²) in [4.78, 5) is 10.8. The third kappa shape index (κ3) is 2.74. The molecule has 3 nitrogen and oxygen atoms in total. The highest BCUT2D eigenvalue weighted by atomic mass is 16.5. The largest absolute Gasteiger partial charge is 0.368 e. The Balaban J connectivity index is 2.54. The van der Waals surface area contributed by atoms with E-state index in [0.717, 1.165) is 26.3 Å². The molecule has 0 spiro atoms. The molecule has 0 aromatic carbocycles. The Morgan fingerprint density at radius 2 is 1.92 bits per heavy atom. The third-order valence-electron chi connectivity index (χ3n) is 2.06. The van der Waals surface area contributed by atoms with Crippen molar-refractivity contribution in [2.45, 2.75) is 20.3 Å². The molecule has 0 bridgehead atoms. The summed E-state index contributed by atoms with van der Waals surface area (Å²) in [6.07, 6.45) is 0.583. The molecule has 1 fully saturated rings. The number of ketones is 1. The normalized spacial score (nSPS) is 17.7. The van der Waals surface area contributed by atoms with Crippen molar-refractivity contribution in [3.8, 4) is 0 Å². The van der Waals surface area contributed by atoms with Gasteiger partial charge in [0, 0.05) is 6.92 Å². The molecule has 0 atom stereocenters. The van der Waals surface area contributed by atoms with Crippen LogP contribution >= 0.6 is 0 Å². The fourth-order valence-corrected chi connectivity index (χ4v) is 1.42. The van der Waals surface area contributed by atoms with E-state index in [0.29, 0.717) is 6.42 Å². The second-order valence-corrected chi connectivity index (χ2v) is 3.21. The van der Waals surface area contributed by atoms with Crippen LogP contribution in [-0.4, -0.2) is 42.4 Å². The molecule has 0 aromatic rings. The average molecular weight is 170 g/mol. The zero-order chi connectivity index (χ0) is 8.97.